The number of carbonyl (C=O) groups excluding carboxylic acids is 1. The molecule has 0 N–H and O–H groups in total. The average Bonchev–Trinajstić information content (AvgIpc) is 2.82. The van der Waals surface area contributed by atoms with E-state index in [2.05, 4.69) is 11.9 Å². The lowest BCUT2D eigenvalue weighted by atomic mass is 10.2. The van der Waals surface area contributed by atoms with Gasteiger partial charge in [0.2, 0.25) is 0 Å². The van der Waals surface area contributed by atoms with E-state index in [1.807, 2.05) is 18.7 Å². The zero-order valence-electron chi connectivity index (χ0n) is 13.9. The van der Waals surface area contributed by atoms with Gasteiger partial charge in [0.25, 0.3) is 11.5 Å². The molecule has 2 rings (SSSR count). The van der Waals surface area contributed by atoms with Crippen LogP contribution < -0.4 is 5.56 Å². The summed E-state index contributed by atoms with van der Waals surface area (Å²) in [5, 5.41) is 0.577. The predicted molar refractivity (Wildman–Crippen MR) is 90.8 cm³/mol. The summed E-state index contributed by atoms with van der Waals surface area (Å²) in [6, 6.07) is 0. The molecule has 0 unspecified atom stereocenters. The van der Waals surface area contributed by atoms with E-state index in [-0.39, 0.29) is 11.5 Å². The molecule has 0 aliphatic rings. The minimum Gasteiger partial charge on any atom is -0.338 e. The maximum Gasteiger partial charge on any atom is 0.264 e. The first-order chi connectivity index (χ1) is 10.4. The maximum atomic E-state index is 12.8. The van der Waals surface area contributed by atoms with Crippen molar-refractivity contribution in [2.75, 3.05) is 13.1 Å². The first kappa shape index (κ1) is 16.7. The van der Waals surface area contributed by atoms with Gasteiger partial charge in [0.05, 0.1) is 10.3 Å². The van der Waals surface area contributed by atoms with Gasteiger partial charge < -0.3 is 4.90 Å². The summed E-state index contributed by atoms with van der Waals surface area (Å²) in [4.78, 5) is 32.8. The van der Waals surface area contributed by atoms with Crippen LogP contribution in [-0.2, 0) is 7.05 Å². The van der Waals surface area contributed by atoms with Gasteiger partial charge in [0.15, 0.2) is 0 Å². The Labute approximate surface area is 134 Å². The Morgan fingerprint density at radius 1 is 1.32 bits per heavy atom. The topological polar surface area (TPSA) is 55.2 Å². The van der Waals surface area contributed by atoms with Crippen LogP contribution >= 0.6 is 11.3 Å². The zero-order chi connectivity index (χ0) is 16.4. The minimum atomic E-state index is -0.0769. The van der Waals surface area contributed by atoms with Crippen molar-refractivity contribution < 1.29 is 4.79 Å². The molecular weight excluding hydrogens is 298 g/mol. The quantitative estimate of drug-likeness (QED) is 0.851. The van der Waals surface area contributed by atoms with E-state index in [0.29, 0.717) is 27.5 Å². The highest BCUT2D eigenvalue weighted by Crippen LogP contribution is 2.28. The van der Waals surface area contributed by atoms with Crippen LogP contribution in [0.3, 0.4) is 0 Å². The van der Waals surface area contributed by atoms with E-state index in [4.69, 9.17) is 0 Å². The Kier molecular flexibility index (Phi) is 5.01. The summed E-state index contributed by atoms with van der Waals surface area (Å²) >= 11 is 1.33. The van der Waals surface area contributed by atoms with Gasteiger partial charge in [0, 0.05) is 20.1 Å². The fourth-order valence-electron chi connectivity index (χ4n) is 2.47. The van der Waals surface area contributed by atoms with Crippen molar-refractivity contribution in [2.45, 2.75) is 40.5 Å². The fraction of sp³-hybridized carbons (Fsp3) is 0.562. The smallest absolute Gasteiger partial charge is 0.264 e. The van der Waals surface area contributed by atoms with E-state index in [9.17, 15) is 9.59 Å². The molecule has 0 atom stereocenters. The highest BCUT2D eigenvalue weighted by Gasteiger charge is 2.23. The molecule has 0 aromatic carbocycles. The molecule has 5 nitrogen and oxygen atoms in total. The van der Waals surface area contributed by atoms with Crippen LogP contribution in [0, 0.1) is 13.8 Å². The van der Waals surface area contributed by atoms with Crippen LogP contribution in [-0.4, -0.2) is 33.4 Å². The lowest BCUT2D eigenvalue weighted by Crippen LogP contribution is -2.31. The van der Waals surface area contributed by atoms with E-state index in [0.717, 1.165) is 24.9 Å². The molecule has 120 valence electrons. The van der Waals surface area contributed by atoms with Gasteiger partial charge in [-0.2, -0.15) is 0 Å². The van der Waals surface area contributed by atoms with Gasteiger partial charge in [0.1, 0.15) is 10.7 Å². The normalized spacial score (nSPS) is 11.1. The van der Waals surface area contributed by atoms with Gasteiger partial charge in [-0.1, -0.05) is 13.3 Å². The molecule has 0 spiro atoms. The molecule has 0 aliphatic heterocycles. The van der Waals surface area contributed by atoms with Crippen LogP contribution in [0.1, 0.15) is 47.7 Å². The molecular formula is C16H23N3O2S. The van der Waals surface area contributed by atoms with Crippen LogP contribution in [0.25, 0.3) is 10.2 Å². The number of amides is 1. The molecule has 2 aromatic rings. The first-order valence-corrected chi connectivity index (χ1v) is 8.49. The highest BCUT2D eigenvalue weighted by atomic mass is 32.1. The second-order valence-corrected chi connectivity index (χ2v) is 6.50. The number of aromatic nitrogens is 2. The monoisotopic (exact) mass is 321 g/mol. The summed E-state index contributed by atoms with van der Waals surface area (Å²) < 4.78 is 1.53. The van der Waals surface area contributed by atoms with E-state index >= 15 is 0 Å². The predicted octanol–water partition coefficient (Wildman–Crippen LogP) is 2.87. The van der Waals surface area contributed by atoms with Gasteiger partial charge in [-0.25, -0.2) is 4.98 Å². The maximum absolute atomic E-state index is 12.8. The molecule has 0 radical (unpaired) electrons. The number of hydrogen-bond acceptors (Lipinski definition) is 4. The lowest BCUT2D eigenvalue weighted by Gasteiger charge is -2.20. The number of rotatable bonds is 5. The minimum absolute atomic E-state index is 0.0103. The van der Waals surface area contributed by atoms with Crippen molar-refractivity contribution in [3.63, 3.8) is 0 Å². The molecule has 6 heteroatoms. The Hall–Kier alpha value is -1.69. The third-order valence-corrected chi connectivity index (χ3v) is 5.21. The van der Waals surface area contributed by atoms with Crippen molar-refractivity contribution in [3.8, 4) is 0 Å². The number of thiophene rings is 1. The van der Waals surface area contributed by atoms with Crippen LogP contribution in [0.4, 0.5) is 0 Å². The fourth-order valence-corrected chi connectivity index (χ4v) is 3.65. The number of nitrogens with zero attached hydrogens (tertiary/aromatic N) is 3. The van der Waals surface area contributed by atoms with Gasteiger partial charge in [-0.05, 0) is 32.8 Å². The zero-order valence-corrected chi connectivity index (χ0v) is 14.7. The summed E-state index contributed by atoms with van der Waals surface area (Å²) in [7, 11) is 1.71. The molecule has 0 bridgehead atoms. The molecule has 2 heterocycles. The van der Waals surface area contributed by atoms with Crippen molar-refractivity contribution in [1.29, 1.82) is 0 Å². The third-order valence-electron chi connectivity index (χ3n) is 4.04. The van der Waals surface area contributed by atoms with Crippen molar-refractivity contribution in [2.24, 2.45) is 7.05 Å². The van der Waals surface area contributed by atoms with Gasteiger partial charge in [-0.3, -0.25) is 14.2 Å². The number of aryl methyl sites for hydroxylation is 2. The van der Waals surface area contributed by atoms with Crippen LogP contribution in [0.15, 0.2) is 4.79 Å². The van der Waals surface area contributed by atoms with Gasteiger partial charge >= 0.3 is 0 Å². The third kappa shape index (κ3) is 2.79. The van der Waals surface area contributed by atoms with Crippen molar-refractivity contribution in [3.05, 3.63) is 26.6 Å². The summed E-state index contributed by atoms with van der Waals surface area (Å²) in [5.41, 5.74) is 0.681. The molecule has 0 saturated heterocycles. The molecule has 0 fully saturated rings. The van der Waals surface area contributed by atoms with E-state index < -0.39 is 0 Å². The van der Waals surface area contributed by atoms with Crippen molar-refractivity contribution in [1.82, 2.24) is 14.5 Å². The van der Waals surface area contributed by atoms with Crippen LogP contribution in [0.2, 0.25) is 0 Å². The first-order valence-electron chi connectivity index (χ1n) is 7.68. The Bertz CT molecular complexity index is 761. The Morgan fingerprint density at radius 3 is 2.59 bits per heavy atom. The van der Waals surface area contributed by atoms with Gasteiger partial charge in [-0.15, -0.1) is 11.3 Å². The second-order valence-electron chi connectivity index (χ2n) is 5.50. The van der Waals surface area contributed by atoms with Crippen LogP contribution in [0.5, 0.6) is 0 Å². The molecule has 2 aromatic heterocycles. The number of unbranched alkanes of at least 4 members (excludes halogenated alkanes) is 1. The highest BCUT2D eigenvalue weighted by molar-refractivity contribution is 7.20. The SMILES string of the molecule is CCCCN(CC)C(=O)c1sc2nc(C)n(C)c(=O)c2c1C. The largest absolute Gasteiger partial charge is 0.338 e. The Morgan fingerprint density at radius 2 is 2.00 bits per heavy atom. The molecule has 0 saturated carbocycles. The van der Waals surface area contributed by atoms with E-state index in [1.165, 1.54) is 15.9 Å². The molecule has 0 aliphatic carbocycles. The number of fused-ring (bicyclic) bond motifs is 1. The number of carbonyl (C=O) groups is 1. The average molecular weight is 321 g/mol. The lowest BCUT2D eigenvalue weighted by molar-refractivity contribution is 0.0766. The number of hydrogen-bond donors (Lipinski definition) is 0. The standard InChI is InChI=1S/C16H23N3O2S/c1-6-8-9-19(7-2)16(21)13-10(3)12-14(22-13)17-11(4)18(5)15(12)20/h6-9H2,1-5H3. The summed E-state index contributed by atoms with van der Waals surface area (Å²) in [5.74, 6) is 0.673. The van der Waals surface area contributed by atoms with E-state index in [1.54, 1.807) is 14.0 Å². The Balaban J connectivity index is 2.53. The molecule has 22 heavy (non-hydrogen) atoms. The second kappa shape index (κ2) is 6.60. The molecule has 1 amide bonds. The van der Waals surface area contributed by atoms with Crippen molar-refractivity contribution >= 4 is 27.5 Å². The summed E-state index contributed by atoms with van der Waals surface area (Å²) in [6.07, 6.45) is 2.04. The summed E-state index contributed by atoms with van der Waals surface area (Å²) in [6.45, 7) is 9.17.